The van der Waals surface area contributed by atoms with E-state index in [1.807, 2.05) is 6.92 Å². The van der Waals surface area contributed by atoms with Crippen molar-refractivity contribution in [3.8, 4) is 11.8 Å². The van der Waals surface area contributed by atoms with Gasteiger partial charge in [0.25, 0.3) is 0 Å². The first kappa shape index (κ1) is 25.5. The zero-order chi connectivity index (χ0) is 19.8. The van der Waals surface area contributed by atoms with Crippen LogP contribution in [0.25, 0.3) is 0 Å². The van der Waals surface area contributed by atoms with E-state index in [-0.39, 0.29) is 6.10 Å². The molecule has 0 spiro atoms. The Balaban J connectivity index is 4.00. The standard InChI is InChI=1S/C24H46OSi/c1-8-9-10-11-12-13-14-15-16-17-20-26(6,7)25-24(21-23(4)5)19-18-22(2)3/h23-24H,2,8-17,20-21H2,1,3-7H3. The fourth-order valence-corrected chi connectivity index (χ4v) is 5.40. The highest BCUT2D eigenvalue weighted by Gasteiger charge is 2.26. The fraction of sp³-hybridized carbons (Fsp3) is 0.833. The molecule has 0 N–H and O–H groups in total. The Morgan fingerprint density at radius 1 is 0.923 bits per heavy atom. The quantitative estimate of drug-likeness (QED) is 0.159. The van der Waals surface area contributed by atoms with Crippen LogP contribution in [0, 0.1) is 17.8 Å². The largest absolute Gasteiger partial charge is 0.404 e. The molecule has 1 unspecified atom stereocenters. The van der Waals surface area contributed by atoms with Gasteiger partial charge in [0.05, 0.1) is 0 Å². The lowest BCUT2D eigenvalue weighted by Gasteiger charge is -2.27. The number of hydrogen-bond donors (Lipinski definition) is 0. The smallest absolute Gasteiger partial charge is 0.188 e. The predicted molar refractivity (Wildman–Crippen MR) is 121 cm³/mol. The van der Waals surface area contributed by atoms with Crippen LogP contribution in [-0.2, 0) is 4.43 Å². The zero-order valence-electron chi connectivity index (χ0n) is 18.8. The number of rotatable bonds is 15. The molecule has 0 aliphatic rings. The number of allylic oxidation sites excluding steroid dienone is 1. The molecule has 2 heteroatoms. The summed E-state index contributed by atoms with van der Waals surface area (Å²) < 4.78 is 6.51. The highest BCUT2D eigenvalue weighted by Crippen LogP contribution is 2.21. The molecule has 0 saturated heterocycles. The van der Waals surface area contributed by atoms with Gasteiger partial charge in [-0.15, -0.1) is 0 Å². The average molecular weight is 379 g/mol. The van der Waals surface area contributed by atoms with Crippen molar-refractivity contribution in [2.75, 3.05) is 0 Å². The Bertz CT molecular complexity index is 414. The second kappa shape index (κ2) is 15.5. The molecule has 26 heavy (non-hydrogen) atoms. The van der Waals surface area contributed by atoms with Crippen LogP contribution >= 0.6 is 0 Å². The van der Waals surface area contributed by atoms with Crippen molar-refractivity contribution >= 4 is 8.32 Å². The first-order chi connectivity index (χ1) is 12.3. The Morgan fingerprint density at radius 2 is 1.42 bits per heavy atom. The lowest BCUT2D eigenvalue weighted by molar-refractivity contribution is 0.218. The Kier molecular flexibility index (Phi) is 15.2. The van der Waals surface area contributed by atoms with E-state index in [9.17, 15) is 0 Å². The predicted octanol–water partition coefficient (Wildman–Crippen LogP) is 8.12. The minimum atomic E-state index is -1.63. The van der Waals surface area contributed by atoms with E-state index in [1.165, 1.54) is 70.3 Å². The maximum Gasteiger partial charge on any atom is 0.188 e. The van der Waals surface area contributed by atoms with Gasteiger partial charge in [0.1, 0.15) is 6.10 Å². The van der Waals surface area contributed by atoms with Gasteiger partial charge in [-0.2, -0.15) is 0 Å². The summed E-state index contributed by atoms with van der Waals surface area (Å²) >= 11 is 0. The molecule has 0 radical (unpaired) electrons. The monoisotopic (exact) mass is 378 g/mol. The lowest BCUT2D eigenvalue weighted by atomic mass is 10.1. The van der Waals surface area contributed by atoms with Gasteiger partial charge in [-0.25, -0.2) is 0 Å². The van der Waals surface area contributed by atoms with Crippen LogP contribution in [0.1, 0.15) is 98.3 Å². The number of unbranched alkanes of at least 4 members (excludes halogenated alkanes) is 9. The van der Waals surface area contributed by atoms with Crippen LogP contribution in [0.3, 0.4) is 0 Å². The van der Waals surface area contributed by atoms with E-state index >= 15 is 0 Å². The van der Waals surface area contributed by atoms with Gasteiger partial charge in [-0.1, -0.05) is 103 Å². The molecule has 0 fully saturated rings. The molecule has 1 atom stereocenters. The summed E-state index contributed by atoms with van der Waals surface area (Å²) in [5.74, 6) is 7.06. The molecule has 0 amide bonds. The molecule has 0 heterocycles. The third-order valence-electron chi connectivity index (χ3n) is 4.73. The van der Waals surface area contributed by atoms with Crippen LogP contribution in [0.15, 0.2) is 12.2 Å². The highest BCUT2D eigenvalue weighted by molar-refractivity contribution is 6.71. The second-order valence-corrected chi connectivity index (χ2v) is 13.2. The summed E-state index contributed by atoms with van der Waals surface area (Å²) in [7, 11) is -1.63. The molecule has 0 bridgehead atoms. The summed E-state index contributed by atoms with van der Waals surface area (Å²) in [5, 5.41) is 0. The Morgan fingerprint density at radius 3 is 1.88 bits per heavy atom. The van der Waals surface area contributed by atoms with Gasteiger partial charge in [0, 0.05) is 0 Å². The van der Waals surface area contributed by atoms with Gasteiger partial charge in [-0.05, 0) is 44.0 Å². The van der Waals surface area contributed by atoms with Crippen LogP contribution < -0.4 is 0 Å². The first-order valence-electron chi connectivity index (χ1n) is 11.1. The topological polar surface area (TPSA) is 9.23 Å². The van der Waals surface area contributed by atoms with Crippen LogP contribution in [0.2, 0.25) is 19.1 Å². The zero-order valence-corrected chi connectivity index (χ0v) is 19.8. The van der Waals surface area contributed by atoms with Crippen LogP contribution in [0.5, 0.6) is 0 Å². The van der Waals surface area contributed by atoms with E-state index in [2.05, 4.69) is 52.3 Å². The first-order valence-corrected chi connectivity index (χ1v) is 14.2. The SMILES string of the molecule is C=C(C)C#CC(CC(C)C)O[Si](C)(C)CCCCCCCCCCCC. The number of hydrogen-bond acceptors (Lipinski definition) is 1. The fourth-order valence-electron chi connectivity index (χ4n) is 3.25. The molecule has 0 aliphatic carbocycles. The summed E-state index contributed by atoms with van der Waals surface area (Å²) in [6, 6.07) is 1.26. The summed E-state index contributed by atoms with van der Waals surface area (Å²) in [6.07, 6.45) is 15.1. The average Bonchev–Trinajstić information content (AvgIpc) is 2.53. The van der Waals surface area contributed by atoms with Gasteiger partial charge in [0.2, 0.25) is 0 Å². The van der Waals surface area contributed by atoms with E-state index in [0.29, 0.717) is 5.92 Å². The molecule has 0 aromatic rings. The Labute approximate surface area is 166 Å². The maximum absolute atomic E-state index is 6.51. The Hall–Kier alpha value is -0.523. The van der Waals surface area contributed by atoms with Crippen LogP contribution in [-0.4, -0.2) is 14.4 Å². The minimum absolute atomic E-state index is 0.0801. The summed E-state index contributed by atoms with van der Waals surface area (Å²) in [4.78, 5) is 0. The molecule has 152 valence electrons. The third-order valence-corrected chi connectivity index (χ3v) is 7.21. The van der Waals surface area contributed by atoms with Crippen molar-refractivity contribution in [2.45, 2.75) is 124 Å². The summed E-state index contributed by atoms with van der Waals surface area (Å²) in [6.45, 7) is 17.3. The van der Waals surface area contributed by atoms with Gasteiger partial charge >= 0.3 is 0 Å². The molecule has 0 aromatic carbocycles. The molecule has 0 saturated carbocycles. The van der Waals surface area contributed by atoms with Crippen molar-refractivity contribution in [3.63, 3.8) is 0 Å². The molecular formula is C24H46OSi. The summed E-state index contributed by atoms with van der Waals surface area (Å²) in [5.41, 5.74) is 0.927. The molecule has 1 nitrogen and oxygen atoms in total. The second-order valence-electron chi connectivity index (χ2n) is 8.98. The van der Waals surface area contributed by atoms with E-state index < -0.39 is 8.32 Å². The lowest BCUT2D eigenvalue weighted by Crippen LogP contribution is -2.35. The van der Waals surface area contributed by atoms with Crippen molar-refractivity contribution < 1.29 is 4.43 Å². The molecule has 0 aromatic heterocycles. The van der Waals surface area contributed by atoms with Gasteiger partial charge in [0.15, 0.2) is 8.32 Å². The van der Waals surface area contributed by atoms with E-state index in [0.717, 1.165) is 12.0 Å². The van der Waals surface area contributed by atoms with Crippen molar-refractivity contribution in [3.05, 3.63) is 12.2 Å². The van der Waals surface area contributed by atoms with Gasteiger partial charge < -0.3 is 4.43 Å². The van der Waals surface area contributed by atoms with E-state index in [4.69, 9.17) is 4.43 Å². The van der Waals surface area contributed by atoms with Crippen LogP contribution in [0.4, 0.5) is 0 Å². The third kappa shape index (κ3) is 16.9. The molecule has 0 aliphatic heterocycles. The maximum atomic E-state index is 6.51. The van der Waals surface area contributed by atoms with Crippen molar-refractivity contribution in [2.24, 2.45) is 5.92 Å². The van der Waals surface area contributed by atoms with Crippen molar-refractivity contribution in [1.82, 2.24) is 0 Å². The van der Waals surface area contributed by atoms with Gasteiger partial charge in [-0.3, -0.25) is 0 Å². The normalized spacial score (nSPS) is 12.7. The minimum Gasteiger partial charge on any atom is -0.404 e. The molecular weight excluding hydrogens is 332 g/mol. The molecule has 0 rings (SSSR count). The van der Waals surface area contributed by atoms with Crippen molar-refractivity contribution in [1.29, 1.82) is 0 Å². The van der Waals surface area contributed by atoms with E-state index in [1.54, 1.807) is 0 Å². The highest BCUT2D eigenvalue weighted by atomic mass is 28.4.